The van der Waals surface area contributed by atoms with E-state index in [-0.39, 0.29) is 5.41 Å². The summed E-state index contributed by atoms with van der Waals surface area (Å²) in [6, 6.07) is 9.68. The molecular formula is C18H25N3. The molecule has 21 heavy (non-hydrogen) atoms. The maximum absolute atomic E-state index is 4.25. The molecule has 0 spiro atoms. The van der Waals surface area contributed by atoms with Crippen LogP contribution < -0.4 is 5.32 Å². The van der Waals surface area contributed by atoms with Crippen LogP contribution in [0.4, 0.5) is 0 Å². The summed E-state index contributed by atoms with van der Waals surface area (Å²) in [7, 11) is 0. The summed E-state index contributed by atoms with van der Waals surface area (Å²) in [6.07, 6.45) is 8.23. The van der Waals surface area contributed by atoms with Crippen molar-refractivity contribution in [2.45, 2.75) is 45.7 Å². The minimum atomic E-state index is 0.195. The average Bonchev–Trinajstić information content (AvgIpc) is 2.97. The summed E-state index contributed by atoms with van der Waals surface area (Å²) in [6.45, 7) is 8.04. The van der Waals surface area contributed by atoms with Gasteiger partial charge in [-0.1, -0.05) is 45.0 Å². The van der Waals surface area contributed by atoms with Crippen LogP contribution in [-0.2, 0) is 0 Å². The number of nitrogens with one attached hydrogen (secondary N) is 1. The number of hydrogen-bond acceptors (Lipinski definition) is 2. The summed E-state index contributed by atoms with van der Waals surface area (Å²) in [5.41, 5.74) is 3.07. The van der Waals surface area contributed by atoms with E-state index in [0.717, 1.165) is 13.0 Å². The molecule has 0 saturated carbocycles. The molecule has 3 rings (SSSR count). The molecule has 0 saturated heterocycles. The monoisotopic (exact) mass is 283 g/mol. The first-order valence-electron chi connectivity index (χ1n) is 7.93. The van der Waals surface area contributed by atoms with Gasteiger partial charge >= 0.3 is 0 Å². The van der Waals surface area contributed by atoms with Crippen molar-refractivity contribution in [2.75, 3.05) is 6.54 Å². The van der Waals surface area contributed by atoms with E-state index in [4.69, 9.17) is 0 Å². The van der Waals surface area contributed by atoms with Crippen molar-refractivity contribution in [3.05, 3.63) is 54.1 Å². The van der Waals surface area contributed by atoms with Crippen molar-refractivity contribution in [3.8, 4) is 0 Å². The lowest BCUT2D eigenvalue weighted by molar-refractivity contribution is 0.182. The zero-order valence-electron chi connectivity index (χ0n) is 13.2. The Balaban J connectivity index is 2.05. The minimum absolute atomic E-state index is 0.195. The maximum Gasteiger partial charge on any atom is 0.0951 e. The van der Waals surface area contributed by atoms with Crippen LogP contribution in [0, 0.1) is 5.41 Å². The summed E-state index contributed by atoms with van der Waals surface area (Å²) >= 11 is 0. The SMILES string of the molecule is CCCN[C@@H]1CC(C)(C)[C@@H](n2ccnc2)c2ccccc21. The normalized spacial score (nSPS) is 23.8. The average molecular weight is 283 g/mol. The van der Waals surface area contributed by atoms with Gasteiger partial charge in [-0.3, -0.25) is 0 Å². The molecule has 1 N–H and O–H groups in total. The fraction of sp³-hybridized carbons (Fsp3) is 0.500. The van der Waals surface area contributed by atoms with Crippen LogP contribution in [0.15, 0.2) is 43.0 Å². The molecule has 1 aliphatic rings. The molecule has 0 fully saturated rings. The van der Waals surface area contributed by atoms with E-state index in [9.17, 15) is 0 Å². The standard InChI is InChI=1S/C18H25N3/c1-4-9-20-16-12-18(2,3)17(21-11-10-19-13-21)15-8-6-5-7-14(15)16/h5-8,10-11,13,16-17,20H,4,9,12H2,1-3H3/t16-,17+/m1/s1. The zero-order chi connectivity index (χ0) is 14.9. The molecule has 1 heterocycles. The van der Waals surface area contributed by atoms with E-state index in [1.807, 2.05) is 12.5 Å². The van der Waals surface area contributed by atoms with Gasteiger partial charge in [-0.05, 0) is 35.9 Å². The van der Waals surface area contributed by atoms with Crippen LogP contribution in [0.1, 0.15) is 56.8 Å². The Kier molecular flexibility index (Phi) is 3.85. The molecule has 0 unspecified atom stereocenters. The lowest BCUT2D eigenvalue weighted by atomic mass is 9.68. The van der Waals surface area contributed by atoms with Gasteiger partial charge in [0.1, 0.15) is 0 Å². The van der Waals surface area contributed by atoms with Crippen LogP contribution in [0.5, 0.6) is 0 Å². The minimum Gasteiger partial charge on any atom is -0.329 e. The lowest BCUT2D eigenvalue weighted by Gasteiger charge is -2.44. The first-order chi connectivity index (χ1) is 10.1. The molecule has 2 aromatic rings. The fourth-order valence-electron chi connectivity index (χ4n) is 3.73. The maximum atomic E-state index is 4.25. The number of imidazole rings is 1. The van der Waals surface area contributed by atoms with Gasteiger partial charge in [0, 0.05) is 18.4 Å². The van der Waals surface area contributed by atoms with Gasteiger partial charge in [-0.2, -0.15) is 0 Å². The van der Waals surface area contributed by atoms with Crippen molar-refractivity contribution < 1.29 is 0 Å². The van der Waals surface area contributed by atoms with Gasteiger partial charge in [0.05, 0.1) is 12.4 Å². The molecule has 2 atom stereocenters. The lowest BCUT2D eigenvalue weighted by Crippen LogP contribution is -2.39. The third kappa shape index (κ3) is 2.62. The summed E-state index contributed by atoms with van der Waals surface area (Å²) in [4.78, 5) is 4.25. The molecule has 112 valence electrons. The summed E-state index contributed by atoms with van der Waals surface area (Å²) in [5.74, 6) is 0. The van der Waals surface area contributed by atoms with Gasteiger partial charge in [-0.15, -0.1) is 0 Å². The topological polar surface area (TPSA) is 29.9 Å². The van der Waals surface area contributed by atoms with E-state index < -0.39 is 0 Å². The number of hydrogen-bond donors (Lipinski definition) is 1. The van der Waals surface area contributed by atoms with Crippen LogP contribution in [0.2, 0.25) is 0 Å². The largest absolute Gasteiger partial charge is 0.329 e. The van der Waals surface area contributed by atoms with Gasteiger partial charge < -0.3 is 9.88 Å². The van der Waals surface area contributed by atoms with E-state index in [1.54, 1.807) is 0 Å². The first-order valence-corrected chi connectivity index (χ1v) is 7.93. The fourth-order valence-corrected chi connectivity index (χ4v) is 3.73. The van der Waals surface area contributed by atoms with Crippen LogP contribution in [0.3, 0.4) is 0 Å². The third-order valence-corrected chi connectivity index (χ3v) is 4.60. The predicted octanol–water partition coefficient (Wildman–Crippen LogP) is 3.94. The Hall–Kier alpha value is -1.61. The first kappa shape index (κ1) is 14.3. The number of fused-ring (bicyclic) bond motifs is 1. The Morgan fingerprint density at radius 3 is 2.71 bits per heavy atom. The van der Waals surface area contributed by atoms with Crippen molar-refractivity contribution in [1.29, 1.82) is 0 Å². The molecule has 0 radical (unpaired) electrons. The Morgan fingerprint density at radius 1 is 1.29 bits per heavy atom. The van der Waals surface area contributed by atoms with Crippen molar-refractivity contribution in [3.63, 3.8) is 0 Å². The summed E-state index contributed by atoms with van der Waals surface area (Å²) < 4.78 is 2.26. The van der Waals surface area contributed by atoms with E-state index in [2.05, 4.69) is 66.1 Å². The van der Waals surface area contributed by atoms with E-state index >= 15 is 0 Å². The number of aromatic nitrogens is 2. The number of nitrogens with zero attached hydrogens (tertiary/aromatic N) is 2. The van der Waals surface area contributed by atoms with Crippen molar-refractivity contribution >= 4 is 0 Å². The Morgan fingerprint density at radius 2 is 2.05 bits per heavy atom. The second kappa shape index (κ2) is 5.64. The highest BCUT2D eigenvalue weighted by atomic mass is 15.1. The van der Waals surface area contributed by atoms with Gasteiger partial charge in [-0.25, -0.2) is 4.98 Å². The van der Waals surface area contributed by atoms with Crippen LogP contribution >= 0.6 is 0 Å². The zero-order valence-corrected chi connectivity index (χ0v) is 13.2. The molecule has 1 aromatic carbocycles. The smallest absolute Gasteiger partial charge is 0.0951 e. The third-order valence-electron chi connectivity index (χ3n) is 4.60. The van der Waals surface area contributed by atoms with E-state index in [1.165, 1.54) is 17.5 Å². The van der Waals surface area contributed by atoms with Gasteiger partial charge in [0.15, 0.2) is 0 Å². The highest BCUT2D eigenvalue weighted by Crippen LogP contribution is 2.49. The second-order valence-electron chi connectivity index (χ2n) is 6.74. The summed E-state index contributed by atoms with van der Waals surface area (Å²) in [5, 5.41) is 3.72. The Labute approximate surface area is 127 Å². The second-order valence-corrected chi connectivity index (χ2v) is 6.74. The van der Waals surface area contributed by atoms with Crippen molar-refractivity contribution in [1.82, 2.24) is 14.9 Å². The number of benzene rings is 1. The van der Waals surface area contributed by atoms with Gasteiger partial charge in [0.2, 0.25) is 0 Å². The molecule has 1 aromatic heterocycles. The molecule has 0 aliphatic heterocycles. The molecule has 3 nitrogen and oxygen atoms in total. The molecule has 3 heteroatoms. The number of rotatable bonds is 4. The van der Waals surface area contributed by atoms with Crippen LogP contribution in [-0.4, -0.2) is 16.1 Å². The predicted molar refractivity (Wildman–Crippen MR) is 86.2 cm³/mol. The highest BCUT2D eigenvalue weighted by molar-refractivity contribution is 5.37. The van der Waals surface area contributed by atoms with Crippen molar-refractivity contribution in [2.24, 2.45) is 5.41 Å². The Bertz CT molecular complexity index is 586. The van der Waals surface area contributed by atoms with E-state index in [0.29, 0.717) is 12.1 Å². The molecule has 1 aliphatic carbocycles. The molecule has 0 bridgehead atoms. The quantitative estimate of drug-likeness (QED) is 0.921. The molecule has 0 amide bonds. The van der Waals surface area contributed by atoms with Gasteiger partial charge in [0.25, 0.3) is 0 Å². The van der Waals surface area contributed by atoms with Crippen LogP contribution in [0.25, 0.3) is 0 Å². The highest BCUT2D eigenvalue weighted by Gasteiger charge is 2.40. The molecular weight excluding hydrogens is 258 g/mol.